The summed E-state index contributed by atoms with van der Waals surface area (Å²) >= 11 is 0. The summed E-state index contributed by atoms with van der Waals surface area (Å²) in [5, 5.41) is 0. The van der Waals surface area contributed by atoms with Gasteiger partial charge in [-0.3, -0.25) is 9.59 Å². The van der Waals surface area contributed by atoms with Crippen LogP contribution in [-0.2, 0) is 9.59 Å². The summed E-state index contributed by atoms with van der Waals surface area (Å²) in [5.41, 5.74) is 4.96. The van der Waals surface area contributed by atoms with Crippen LogP contribution in [0, 0.1) is 6.42 Å². The van der Waals surface area contributed by atoms with Gasteiger partial charge in [0, 0.05) is 19.9 Å². The Labute approximate surface area is 59.0 Å². The fraction of sp³-hybridized carbons (Fsp3) is 0.500. The van der Waals surface area contributed by atoms with Crippen LogP contribution in [0.4, 0.5) is 0 Å². The van der Waals surface area contributed by atoms with Crippen LogP contribution in [0.2, 0.25) is 0 Å². The molecule has 0 aromatic carbocycles. The summed E-state index contributed by atoms with van der Waals surface area (Å²) in [7, 11) is 0. The molecule has 10 heavy (non-hydrogen) atoms. The number of nitrogens with two attached hydrogens (primary N) is 1. The highest BCUT2D eigenvalue weighted by Crippen LogP contribution is 2.14. The fourth-order valence-corrected chi connectivity index (χ4v) is 0.910. The van der Waals surface area contributed by atoms with Crippen molar-refractivity contribution in [1.29, 1.82) is 0 Å². The molecule has 1 fully saturated rings. The van der Waals surface area contributed by atoms with Crippen molar-refractivity contribution in [3.05, 3.63) is 6.42 Å². The normalized spacial score (nSPS) is 23.7. The monoisotopic (exact) mass is 141 g/mol. The molecule has 1 radical (unpaired) electrons. The lowest BCUT2D eigenvalue weighted by molar-refractivity contribution is -0.140. The van der Waals surface area contributed by atoms with Crippen molar-refractivity contribution in [1.82, 2.24) is 4.90 Å². The van der Waals surface area contributed by atoms with E-state index in [0.717, 1.165) is 0 Å². The molecule has 4 nitrogen and oxygen atoms in total. The van der Waals surface area contributed by atoms with Crippen LogP contribution in [0.1, 0.15) is 6.92 Å². The fourth-order valence-electron chi connectivity index (χ4n) is 0.910. The number of carbonyl (C=O) groups excluding carboxylic acids is 2. The minimum absolute atomic E-state index is 0.105. The average molecular weight is 141 g/mol. The van der Waals surface area contributed by atoms with Crippen LogP contribution in [-0.4, -0.2) is 29.3 Å². The van der Waals surface area contributed by atoms with Crippen molar-refractivity contribution in [2.45, 2.75) is 13.0 Å². The third kappa shape index (κ3) is 0.964. The molecule has 2 amide bonds. The highest BCUT2D eigenvalue weighted by Gasteiger charge is 2.34. The molecule has 1 atom stereocenters. The van der Waals surface area contributed by atoms with E-state index in [1.807, 2.05) is 0 Å². The Kier molecular flexibility index (Phi) is 1.61. The maximum absolute atomic E-state index is 10.6. The van der Waals surface area contributed by atoms with Crippen molar-refractivity contribution in [2.75, 3.05) is 6.54 Å². The van der Waals surface area contributed by atoms with E-state index in [-0.39, 0.29) is 5.91 Å². The van der Waals surface area contributed by atoms with Gasteiger partial charge in [0.1, 0.15) is 6.04 Å². The molecular weight excluding hydrogens is 132 g/mol. The highest BCUT2D eigenvalue weighted by atomic mass is 16.2. The zero-order chi connectivity index (χ0) is 7.72. The van der Waals surface area contributed by atoms with Gasteiger partial charge >= 0.3 is 0 Å². The molecule has 1 aliphatic heterocycles. The van der Waals surface area contributed by atoms with Gasteiger partial charge in [-0.1, -0.05) is 0 Å². The number of rotatable bonds is 1. The summed E-state index contributed by atoms with van der Waals surface area (Å²) in [6.45, 7) is 1.96. The summed E-state index contributed by atoms with van der Waals surface area (Å²) in [6.07, 6.45) is 1.71. The third-order valence-corrected chi connectivity index (χ3v) is 1.56. The molecule has 1 aliphatic rings. The summed E-state index contributed by atoms with van der Waals surface area (Å²) in [5.74, 6) is -0.562. The van der Waals surface area contributed by atoms with Gasteiger partial charge in [-0.25, -0.2) is 0 Å². The van der Waals surface area contributed by atoms with E-state index < -0.39 is 11.9 Å². The highest BCUT2D eigenvalue weighted by molar-refractivity contribution is 5.89. The van der Waals surface area contributed by atoms with Crippen molar-refractivity contribution < 1.29 is 9.59 Å². The largest absolute Gasteiger partial charge is 0.368 e. The Balaban J connectivity index is 2.51. The van der Waals surface area contributed by atoms with E-state index in [0.29, 0.717) is 6.54 Å². The lowest BCUT2D eigenvalue weighted by Crippen LogP contribution is -2.57. The minimum Gasteiger partial charge on any atom is -0.368 e. The van der Waals surface area contributed by atoms with E-state index in [9.17, 15) is 9.59 Å². The molecule has 0 bridgehead atoms. The lowest BCUT2D eigenvalue weighted by atomic mass is 10.0. The molecule has 1 heterocycles. The van der Waals surface area contributed by atoms with Crippen molar-refractivity contribution >= 4 is 11.8 Å². The maximum Gasteiger partial charge on any atom is 0.240 e. The smallest absolute Gasteiger partial charge is 0.240 e. The first-order chi connectivity index (χ1) is 4.63. The summed E-state index contributed by atoms with van der Waals surface area (Å²) in [4.78, 5) is 22.6. The number of carbonyl (C=O) groups is 2. The molecule has 2 N–H and O–H groups in total. The minimum atomic E-state index is -0.461. The SMILES string of the molecule is CC(=O)N1C[CH]C1C(N)=O. The molecule has 0 aromatic rings. The molecule has 4 heteroatoms. The molecule has 0 aromatic heterocycles. The van der Waals surface area contributed by atoms with Crippen LogP contribution in [0.3, 0.4) is 0 Å². The van der Waals surface area contributed by atoms with Crippen molar-refractivity contribution in [3.8, 4) is 0 Å². The van der Waals surface area contributed by atoms with Gasteiger partial charge in [-0.2, -0.15) is 0 Å². The van der Waals surface area contributed by atoms with Crippen LogP contribution < -0.4 is 5.73 Å². The van der Waals surface area contributed by atoms with Crippen LogP contribution in [0.5, 0.6) is 0 Å². The average Bonchev–Trinajstić information content (AvgIpc) is 1.56. The number of nitrogens with zero attached hydrogens (tertiary/aromatic N) is 1. The third-order valence-electron chi connectivity index (χ3n) is 1.56. The Morgan fingerprint density at radius 2 is 2.30 bits per heavy atom. The van der Waals surface area contributed by atoms with E-state index in [2.05, 4.69) is 0 Å². The van der Waals surface area contributed by atoms with E-state index >= 15 is 0 Å². The van der Waals surface area contributed by atoms with E-state index in [1.54, 1.807) is 6.42 Å². The molecule has 55 valence electrons. The number of likely N-dealkylation sites (tertiary alicyclic amines) is 1. The predicted molar refractivity (Wildman–Crippen MR) is 34.7 cm³/mol. The molecule has 1 rings (SSSR count). The van der Waals surface area contributed by atoms with Gasteiger partial charge in [0.05, 0.1) is 0 Å². The standard InChI is InChI=1S/C6H9N2O2/c1-4(9)8-3-2-5(8)6(7)10/h2,5H,3H2,1H3,(H2,7,10). The zero-order valence-corrected chi connectivity index (χ0v) is 5.70. The second-order valence-electron chi connectivity index (χ2n) is 2.25. The van der Waals surface area contributed by atoms with Crippen LogP contribution >= 0.6 is 0 Å². The quantitative estimate of drug-likeness (QED) is 0.504. The van der Waals surface area contributed by atoms with E-state index in [1.165, 1.54) is 11.8 Å². The molecule has 1 saturated heterocycles. The van der Waals surface area contributed by atoms with Crippen molar-refractivity contribution in [3.63, 3.8) is 0 Å². The summed E-state index contributed by atoms with van der Waals surface area (Å²) < 4.78 is 0. The van der Waals surface area contributed by atoms with Crippen LogP contribution in [0.15, 0.2) is 0 Å². The second-order valence-corrected chi connectivity index (χ2v) is 2.25. The van der Waals surface area contributed by atoms with Crippen molar-refractivity contribution in [2.24, 2.45) is 5.73 Å². The molecular formula is C6H9N2O2. The Hall–Kier alpha value is -1.06. The topological polar surface area (TPSA) is 63.4 Å². The first kappa shape index (κ1) is 7.05. The molecule has 0 spiro atoms. The Morgan fingerprint density at radius 1 is 1.70 bits per heavy atom. The number of amides is 2. The Bertz CT molecular complexity index is 159. The molecule has 0 aliphatic carbocycles. The first-order valence-electron chi connectivity index (χ1n) is 3.03. The lowest BCUT2D eigenvalue weighted by Gasteiger charge is -2.37. The summed E-state index contributed by atoms with van der Waals surface area (Å²) in [6, 6.07) is -0.461. The van der Waals surface area contributed by atoms with Gasteiger partial charge in [0.2, 0.25) is 11.8 Å². The number of hydrogen-bond donors (Lipinski definition) is 1. The zero-order valence-electron chi connectivity index (χ0n) is 5.70. The van der Waals surface area contributed by atoms with Gasteiger partial charge in [-0.15, -0.1) is 0 Å². The van der Waals surface area contributed by atoms with Gasteiger partial charge in [0.25, 0.3) is 0 Å². The van der Waals surface area contributed by atoms with Crippen LogP contribution in [0.25, 0.3) is 0 Å². The molecule has 1 unspecified atom stereocenters. The van der Waals surface area contributed by atoms with Gasteiger partial charge in [0.15, 0.2) is 0 Å². The van der Waals surface area contributed by atoms with E-state index in [4.69, 9.17) is 5.73 Å². The van der Waals surface area contributed by atoms with Gasteiger partial charge in [-0.05, 0) is 0 Å². The maximum atomic E-state index is 10.6. The number of primary amides is 1. The Morgan fingerprint density at radius 3 is 2.40 bits per heavy atom. The second kappa shape index (κ2) is 2.28. The number of hydrogen-bond acceptors (Lipinski definition) is 2. The van der Waals surface area contributed by atoms with Gasteiger partial charge < -0.3 is 10.6 Å². The molecule has 0 saturated carbocycles. The first-order valence-corrected chi connectivity index (χ1v) is 3.03. The predicted octanol–water partition coefficient (Wildman–Crippen LogP) is -1.09.